The van der Waals surface area contributed by atoms with Crippen molar-refractivity contribution in [1.82, 2.24) is 20.2 Å². The number of nitrogens with one attached hydrogen (secondary N) is 2. The number of hydrogen-bond donors (Lipinski definition) is 3. The highest BCUT2D eigenvalue weighted by atomic mass is 19.4. The Hall–Kier alpha value is -3.24. The van der Waals surface area contributed by atoms with Crippen molar-refractivity contribution >= 4 is 28.5 Å². The molecule has 0 bridgehead atoms. The van der Waals surface area contributed by atoms with Crippen LogP contribution in [0, 0.1) is 0 Å². The Kier molecular flexibility index (Phi) is 4.59. The van der Waals surface area contributed by atoms with Gasteiger partial charge in [-0.05, 0) is 25.0 Å². The maximum atomic E-state index is 13.4. The molecule has 1 aliphatic heterocycles. The number of benzene rings is 1. The fourth-order valence-corrected chi connectivity index (χ4v) is 3.68. The molecule has 3 heterocycles. The Labute approximate surface area is 164 Å². The first-order valence-electron chi connectivity index (χ1n) is 9.04. The number of H-pyrrole nitrogens is 1. The van der Waals surface area contributed by atoms with E-state index in [0.29, 0.717) is 40.1 Å². The maximum absolute atomic E-state index is 13.4. The van der Waals surface area contributed by atoms with E-state index in [4.69, 9.17) is 10.5 Å². The first-order chi connectivity index (χ1) is 13.8. The molecular formula is C18H20F3N7O. The highest BCUT2D eigenvalue weighted by Gasteiger charge is 2.46. The third kappa shape index (κ3) is 3.36. The van der Waals surface area contributed by atoms with E-state index in [1.165, 1.54) is 12.0 Å². The first kappa shape index (κ1) is 19.1. The van der Waals surface area contributed by atoms with Crippen molar-refractivity contribution < 1.29 is 17.9 Å². The van der Waals surface area contributed by atoms with E-state index in [1.807, 2.05) is 0 Å². The minimum atomic E-state index is -4.32. The van der Waals surface area contributed by atoms with Crippen LogP contribution in [0.3, 0.4) is 0 Å². The van der Waals surface area contributed by atoms with Crippen LogP contribution in [-0.4, -0.2) is 53.1 Å². The highest BCUT2D eigenvalue weighted by Crippen LogP contribution is 2.38. The average molecular weight is 407 g/mol. The summed E-state index contributed by atoms with van der Waals surface area (Å²) in [4.78, 5) is 9.97. The molecule has 1 unspecified atom stereocenters. The van der Waals surface area contributed by atoms with Gasteiger partial charge in [-0.25, -0.2) is 4.98 Å². The topological polar surface area (TPSA) is 105 Å². The van der Waals surface area contributed by atoms with Gasteiger partial charge in [0.1, 0.15) is 17.6 Å². The number of aromatic nitrogens is 4. The van der Waals surface area contributed by atoms with Crippen molar-refractivity contribution in [2.24, 2.45) is 0 Å². The van der Waals surface area contributed by atoms with Gasteiger partial charge in [0, 0.05) is 25.2 Å². The van der Waals surface area contributed by atoms with Gasteiger partial charge in [-0.1, -0.05) is 0 Å². The lowest BCUT2D eigenvalue weighted by molar-refractivity contribution is -0.146. The van der Waals surface area contributed by atoms with Crippen molar-refractivity contribution in [2.45, 2.75) is 25.1 Å². The Morgan fingerprint density at radius 2 is 2.07 bits per heavy atom. The van der Waals surface area contributed by atoms with Gasteiger partial charge in [0.2, 0.25) is 5.95 Å². The number of fused-ring (bicyclic) bond motifs is 1. The second-order valence-electron chi connectivity index (χ2n) is 6.79. The number of rotatable bonds is 4. The van der Waals surface area contributed by atoms with Gasteiger partial charge in [0.25, 0.3) is 0 Å². The Morgan fingerprint density at radius 1 is 1.28 bits per heavy atom. The molecule has 0 spiro atoms. The molecule has 1 aliphatic rings. The van der Waals surface area contributed by atoms with E-state index in [9.17, 15) is 13.2 Å². The van der Waals surface area contributed by atoms with Crippen LogP contribution in [0.1, 0.15) is 12.8 Å². The van der Waals surface area contributed by atoms with Gasteiger partial charge in [-0.2, -0.15) is 23.3 Å². The van der Waals surface area contributed by atoms with Crippen molar-refractivity contribution in [3.8, 4) is 17.0 Å². The summed E-state index contributed by atoms with van der Waals surface area (Å²) in [7, 11) is 3.13. The second-order valence-corrected chi connectivity index (χ2v) is 6.79. The largest absolute Gasteiger partial charge is 0.496 e. The fraction of sp³-hybridized carbons (Fsp3) is 0.389. The molecule has 4 N–H and O–H groups in total. The summed E-state index contributed by atoms with van der Waals surface area (Å²) in [6.07, 6.45) is -3.83. The summed E-state index contributed by atoms with van der Waals surface area (Å²) in [5.74, 6) is 1.24. The maximum Gasteiger partial charge on any atom is 0.408 e. The predicted molar refractivity (Wildman–Crippen MR) is 104 cm³/mol. The van der Waals surface area contributed by atoms with Crippen LogP contribution in [0.2, 0.25) is 0 Å². The lowest BCUT2D eigenvalue weighted by atomic mass is 10.1. The molecule has 0 saturated carbocycles. The number of halogens is 3. The van der Waals surface area contributed by atoms with Gasteiger partial charge in [0.05, 0.1) is 23.7 Å². The second kappa shape index (κ2) is 6.98. The van der Waals surface area contributed by atoms with E-state index in [0.717, 1.165) is 0 Å². The van der Waals surface area contributed by atoms with E-state index >= 15 is 0 Å². The molecule has 3 aromatic rings. The van der Waals surface area contributed by atoms with Crippen LogP contribution in [-0.2, 0) is 0 Å². The Morgan fingerprint density at radius 3 is 2.76 bits per heavy atom. The molecular weight excluding hydrogens is 387 g/mol. The standard InChI is InChI=1S/C18H20F3N7O/c1-23-17-24-10(8-14(25-17)28-5-3-4-13(28)18(19,20)21)9-6-11-15(12(7-9)29-2)16(22)27-26-11/h6-8,13H,3-5H2,1-2H3,(H3,22,26,27)(H,23,24,25). The number of hydrogen-bond acceptors (Lipinski definition) is 7. The zero-order chi connectivity index (χ0) is 20.8. The third-order valence-corrected chi connectivity index (χ3v) is 5.03. The number of nitrogens with zero attached hydrogens (tertiary/aromatic N) is 4. The predicted octanol–water partition coefficient (Wildman–Crippen LogP) is 3.18. The molecule has 1 atom stereocenters. The average Bonchev–Trinajstić information content (AvgIpc) is 3.34. The molecule has 11 heteroatoms. The number of aromatic amines is 1. The van der Waals surface area contributed by atoms with Gasteiger partial charge >= 0.3 is 6.18 Å². The molecule has 29 heavy (non-hydrogen) atoms. The number of alkyl halides is 3. The molecule has 8 nitrogen and oxygen atoms in total. The first-order valence-corrected chi connectivity index (χ1v) is 9.04. The minimum absolute atomic E-state index is 0.0466. The van der Waals surface area contributed by atoms with Crippen LogP contribution in [0.5, 0.6) is 5.75 Å². The number of nitrogen functional groups attached to an aromatic ring is 1. The zero-order valence-corrected chi connectivity index (χ0v) is 15.8. The Balaban J connectivity index is 1.83. The van der Waals surface area contributed by atoms with Crippen LogP contribution >= 0.6 is 0 Å². The van der Waals surface area contributed by atoms with Gasteiger partial charge < -0.3 is 20.7 Å². The quantitative estimate of drug-likeness (QED) is 0.610. The van der Waals surface area contributed by atoms with Crippen LogP contribution < -0.4 is 20.7 Å². The number of methoxy groups -OCH3 is 1. The van der Waals surface area contributed by atoms with E-state index < -0.39 is 12.2 Å². The molecule has 2 aromatic heterocycles. The van der Waals surface area contributed by atoms with Crippen molar-refractivity contribution in [2.75, 3.05) is 36.7 Å². The zero-order valence-electron chi connectivity index (χ0n) is 15.8. The smallest absolute Gasteiger partial charge is 0.408 e. The van der Waals surface area contributed by atoms with Gasteiger partial charge in [-0.3, -0.25) is 5.10 Å². The third-order valence-electron chi connectivity index (χ3n) is 5.03. The van der Waals surface area contributed by atoms with E-state index in [2.05, 4.69) is 25.5 Å². The molecule has 0 amide bonds. The Bertz CT molecular complexity index is 1050. The summed E-state index contributed by atoms with van der Waals surface area (Å²) < 4.78 is 45.7. The molecule has 0 aliphatic carbocycles. The monoisotopic (exact) mass is 407 g/mol. The molecule has 1 fully saturated rings. The fourth-order valence-electron chi connectivity index (χ4n) is 3.68. The lowest BCUT2D eigenvalue weighted by Gasteiger charge is -2.28. The molecule has 1 aromatic carbocycles. The van der Waals surface area contributed by atoms with Crippen molar-refractivity contribution in [1.29, 1.82) is 0 Å². The summed E-state index contributed by atoms with van der Waals surface area (Å²) in [6, 6.07) is 3.51. The van der Waals surface area contributed by atoms with Crippen LogP contribution in [0.25, 0.3) is 22.2 Å². The van der Waals surface area contributed by atoms with Gasteiger partial charge in [-0.15, -0.1) is 0 Å². The summed E-state index contributed by atoms with van der Waals surface area (Å²) in [6.45, 7) is 0.281. The summed E-state index contributed by atoms with van der Waals surface area (Å²) in [5.41, 5.74) is 7.61. The SMILES string of the molecule is CNc1nc(-c2cc(OC)c3c(N)n[nH]c3c2)cc(N2CCCC2C(F)(F)F)n1. The molecule has 154 valence electrons. The number of ether oxygens (including phenoxy) is 1. The number of anilines is 3. The molecule has 0 radical (unpaired) electrons. The summed E-state index contributed by atoms with van der Waals surface area (Å²) >= 11 is 0. The van der Waals surface area contributed by atoms with Crippen LogP contribution in [0.15, 0.2) is 18.2 Å². The highest BCUT2D eigenvalue weighted by molar-refractivity contribution is 5.97. The minimum Gasteiger partial charge on any atom is -0.496 e. The molecule has 4 rings (SSSR count). The normalized spacial score (nSPS) is 17.1. The number of nitrogens with two attached hydrogens (primary N) is 1. The van der Waals surface area contributed by atoms with Crippen molar-refractivity contribution in [3.63, 3.8) is 0 Å². The van der Waals surface area contributed by atoms with E-state index in [1.54, 1.807) is 25.2 Å². The van der Waals surface area contributed by atoms with Crippen LogP contribution in [0.4, 0.5) is 30.8 Å². The van der Waals surface area contributed by atoms with Gasteiger partial charge in [0.15, 0.2) is 5.82 Å². The summed E-state index contributed by atoms with van der Waals surface area (Å²) in [5, 5.41) is 10.3. The lowest BCUT2D eigenvalue weighted by Crippen LogP contribution is -2.41. The van der Waals surface area contributed by atoms with Crippen molar-refractivity contribution in [3.05, 3.63) is 18.2 Å². The van der Waals surface area contributed by atoms with E-state index in [-0.39, 0.29) is 24.7 Å². The molecule has 1 saturated heterocycles.